The Balaban J connectivity index is 1.77. The van der Waals surface area contributed by atoms with Gasteiger partial charge in [-0.05, 0) is 70.6 Å². The summed E-state index contributed by atoms with van der Waals surface area (Å²) in [6.45, 7) is 3.37. The van der Waals surface area contributed by atoms with Gasteiger partial charge >= 0.3 is 25.7 Å². The number of hydrogen-bond donors (Lipinski definition) is 11. The van der Waals surface area contributed by atoms with E-state index in [0.717, 1.165) is 89.9 Å². The van der Waals surface area contributed by atoms with Crippen LogP contribution in [0.2, 0.25) is 0 Å². The van der Waals surface area contributed by atoms with Crippen LogP contribution in [-0.2, 0) is 61.2 Å². The van der Waals surface area contributed by atoms with Gasteiger partial charge in [0.05, 0.1) is 13.2 Å². The van der Waals surface area contributed by atoms with Crippen molar-refractivity contribution in [2.45, 2.75) is 369 Å². The van der Waals surface area contributed by atoms with Gasteiger partial charge in [-0.15, -0.1) is 0 Å². The Hall–Kier alpha value is -2.56. The lowest BCUT2D eigenvalue weighted by Gasteiger charge is -2.49. The summed E-state index contributed by atoms with van der Waals surface area (Å²) < 4.78 is 64.8. The third-order valence-electron chi connectivity index (χ3n) is 17.7. The molecule has 1 aliphatic carbocycles. The van der Waals surface area contributed by atoms with E-state index in [4.69, 9.17) is 42.2 Å². The number of esters is 3. The molecule has 94 heavy (non-hydrogen) atoms. The Kier molecular flexibility index (Phi) is 47.0. The molecule has 18 unspecified atom stereocenters. The van der Waals surface area contributed by atoms with Crippen molar-refractivity contribution < 1.29 is 117 Å². The van der Waals surface area contributed by atoms with E-state index in [-0.39, 0.29) is 19.3 Å². The summed E-state index contributed by atoms with van der Waals surface area (Å²) in [6, 6.07) is 0. The zero-order valence-electron chi connectivity index (χ0n) is 57.0. The van der Waals surface area contributed by atoms with Crippen LogP contribution in [0.1, 0.15) is 265 Å². The van der Waals surface area contributed by atoms with Crippen LogP contribution in [0.4, 0.5) is 0 Å². The molecular weight excluding hydrogens is 1240 g/mol. The average molecular weight is 1370 g/mol. The van der Waals surface area contributed by atoms with E-state index in [0.29, 0.717) is 25.7 Å². The van der Waals surface area contributed by atoms with E-state index in [2.05, 4.69) is 45.1 Å². The highest BCUT2D eigenvalue weighted by Crippen LogP contribution is 2.49. The Morgan fingerprint density at radius 2 is 0.745 bits per heavy atom. The third kappa shape index (κ3) is 35.0. The second-order valence-corrected chi connectivity index (χ2v) is 27.4. The number of phosphoric acid groups is 1. The first-order valence-corrected chi connectivity index (χ1v) is 37.6. The fourth-order valence-electron chi connectivity index (χ4n) is 11.7. The van der Waals surface area contributed by atoms with Crippen LogP contribution in [0.3, 0.4) is 0 Å². The Morgan fingerprint density at radius 1 is 0.404 bits per heavy atom. The van der Waals surface area contributed by atoms with Crippen molar-refractivity contribution in [1.82, 2.24) is 0 Å². The summed E-state index contributed by atoms with van der Waals surface area (Å²) in [5.41, 5.74) is 0. The van der Waals surface area contributed by atoms with Gasteiger partial charge in [-0.25, -0.2) is 4.57 Å². The summed E-state index contributed by atoms with van der Waals surface area (Å²) >= 11 is 0. The first-order chi connectivity index (χ1) is 45.3. The third-order valence-corrected chi connectivity index (χ3v) is 18.7. The summed E-state index contributed by atoms with van der Waals surface area (Å²) in [5, 5.41) is 110. The first kappa shape index (κ1) is 85.7. The van der Waals surface area contributed by atoms with Crippen molar-refractivity contribution in [2.75, 3.05) is 26.4 Å². The van der Waals surface area contributed by atoms with Gasteiger partial charge in [-0.1, -0.05) is 199 Å². The van der Waals surface area contributed by atoms with Gasteiger partial charge in [0.1, 0.15) is 98.7 Å². The first-order valence-electron chi connectivity index (χ1n) is 36.1. The summed E-state index contributed by atoms with van der Waals surface area (Å²) in [5.74, 6) is -2.03. The van der Waals surface area contributed by atoms with Crippen molar-refractivity contribution in [3.63, 3.8) is 0 Å². The average Bonchev–Trinajstić information content (AvgIpc) is 0.764. The molecule has 550 valence electrons. The van der Waals surface area contributed by atoms with E-state index >= 15 is 0 Å². The minimum Gasteiger partial charge on any atom is -0.463 e. The van der Waals surface area contributed by atoms with E-state index < -0.39 is 156 Å². The van der Waals surface area contributed by atoms with Gasteiger partial charge in [0, 0.05) is 19.3 Å². The van der Waals surface area contributed by atoms with E-state index in [1.54, 1.807) is 0 Å². The Labute approximate surface area is 560 Å². The minimum absolute atomic E-state index is 0.0224. The van der Waals surface area contributed by atoms with Gasteiger partial charge in [0.15, 0.2) is 18.7 Å². The molecule has 24 nitrogen and oxygen atoms in total. The van der Waals surface area contributed by atoms with Crippen LogP contribution in [-0.4, -0.2) is 204 Å². The van der Waals surface area contributed by atoms with Crippen molar-refractivity contribution in [3.8, 4) is 0 Å². The van der Waals surface area contributed by atoms with Gasteiger partial charge in [0.2, 0.25) is 0 Å². The molecule has 3 aliphatic rings. The molecule has 11 N–H and O–H groups in total. The zero-order chi connectivity index (χ0) is 68.9. The second kappa shape index (κ2) is 51.6. The molecule has 0 spiro atoms. The molecular formula is C69H125O24P. The fraction of sp³-hybridized carbons (Fsp3) is 0.899. The number of phosphoric ester groups is 1. The molecule has 3 rings (SSSR count). The van der Waals surface area contributed by atoms with Crippen LogP contribution < -0.4 is 0 Å². The minimum atomic E-state index is -5.70. The molecule has 0 aromatic carbocycles. The van der Waals surface area contributed by atoms with Crippen molar-refractivity contribution in [1.29, 1.82) is 0 Å². The van der Waals surface area contributed by atoms with Crippen LogP contribution in [0.25, 0.3) is 0 Å². The van der Waals surface area contributed by atoms with E-state index in [9.17, 15) is 74.9 Å². The highest BCUT2D eigenvalue weighted by molar-refractivity contribution is 7.47. The van der Waals surface area contributed by atoms with Crippen molar-refractivity contribution in [2.24, 2.45) is 0 Å². The maximum Gasteiger partial charge on any atom is 0.472 e. The monoisotopic (exact) mass is 1370 g/mol. The second-order valence-electron chi connectivity index (χ2n) is 25.9. The maximum atomic E-state index is 14.3. The van der Waals surface area contributed by atoms with Crippen LogP contribution in [0.5, 0.6) is 0 Å². The molecule has 0 amide bonds. The largest absolute Gasteiger partial charge is 0.472 e. The summed E-state index contributed by atoms with van der Waals surface area (Å²) in [4.78, 5) is 50.8. The summed E-state index contributed by atoms with van der Waals surface area (Å²) in [7, 11) is -5.70. The zero-order valence-corrected chi connectivity index (χ0v) is 57.9. The van der Waals surface area contributed by atoms with E-state index in [1.165, 1.54) is 109 Å². The van der Waals surface area contributed by atoms with Gasteiger partial charge in [-0.2, -0.15) is 0 Å². The number of rotatable bonds is 55. The number of carbonyl (C=O) groups is 3. The van der Waals surface area contributed by atoms with Gasteiger partial charge in [-0.3, -0.25) is 23.4 Å². The molecule has 0 radical (unpaired) electrons. The molecule has 18 atom stereocenters. The van der Waals surface area contributed by atoms with E-state index in [1.807, 2.05) is 0 Å². The Bertz CT molecular complexity index is 2050. The SMILES string of the molecule is CCCCCCCCC/C=C\CCCCCC(=O)OCC(COP(=O)(O)OC1C(OC2OC(CO)C(O)C(O)C2O)C(O)C(O)C(O)C1OC1OC(COC(=O)CCCCCCCCCCCCC)C(O)C(O)C1O)OC(=O)CCCCC/C=C\CCCCCCCCC. The predicted molar refractivity (Wildman–Crippen MR) is 351 cm³/mol. The lowest BCUT2D eigenvalue weighted by molar-refractivity contribution is -0.360. The number of aliphatic hydroxyl groups is 10. The molecule has 2 saturated heterocycles. The van der Waals surface area contributed by atoms with Crippen LogP contribution in [0.15, 0.2) is 24.3 Å². The van der Waals surface area contributed by atoms with Crippen molar-refractivity contribution >= 4 is 25.7 Å². The predicted octanol–water partition coefficient (Wildman–Crippen LogP) is 8.96. The fourth-order valence-corrected chi connectivity index (χ4v) is 12.7. The number of carbonyl (C=O) groups excluding carboxylic acids is 3. The van der Waals surface area contributed by atoms with Gasteiger partial charge in [0.25, 0.3) is 0 Å². The highest BCUT2D eigenvalue weighted by atomic mass is 31.2. The van der Waals surface area contributed by atoms with Gasteiger partial charge < -0.3 is 89.1 Å². The molecule has 0 aromatic heterocycles. The molecule has 1 saturated carbocycles. The topological polar surface area (TPSA) is 374 Å². The lowest BCUT2D eigenvalue weighted by atomic mass is 9.84. The Morgan fingerprint density at radius 3 is 1.16 bits per heavy atom. The smallest absolute Gasteiger partial charge is 0.463 e. The molecule has 3 fully saturated rings. The molecule has 25 heteroatoms. The number of hydrogen-bond acceptors (Lipinski definition) is 23. The number of ether oxygens (including phenoxy) is 7. The molecule has 0 bridgehead atoms. The molecule has 2 heterocycles. The van der Waals surface area contributed by atoms with Crippen LogP contribution in [0, 0.1) is 0 Å². The quantitative estimate of drug-likeness (QED) is 0.00889. The number of allylic oxidation sites excluding steroid dienone is 4. The number of unbranched alkanes of at least 4 members (excludes halogenated alkanes) is 30. The maximum absolute atomic E-state index is 14.3. The van der Waals surface area contributed by atoms with Crippen LogP contribution >= 0.6 is 7.82 Å². The van der Waals surface area contributed by atoms with Crippen molar-refractivity contribution in [3.05, 3.63) is 24.3 Å². The summed E-state index contributed by atoms with van der Waals surface area (Å²) in [6.07, 6.45) is 9.92. The lowest BCUT2D eigenvalue weighted by Crippen LogP contribution is -2.69. The number of aliphatic hydroxyl groups excluding tert-OH is 10. The molecule has 2 aliphatic heterocycles. The standard InChI is InChI=1S/C69H125O24P/c1-4-7-10-13-16-19-22-24-26-29-32-34-37-40-43-53(71)85-47-50(88-55(73)45-42-39-36-33-30-27-25-23-20-17-14-11-8-5-2)48-87-94(83,84)93-67-65(91-68-63(81)58(76)56(74)51(46-70)89-68)61(79)60(78)62(80)66(67)92-69-64(82)59(77)57(75)52(90-69)49-86-54(72)44-41-38-35-31-28-21-18-15-12-9-6-3/h26-27,29-30,50-52,56-70,74-82H,4-25,28,31-49H2,1-3H3,(H,83,84)/b29-26-,30-27-. The highest BCUT2D eigenvalue weighted by Gasteiger charge is 2.58. The molecule has 0 aromatic rings. The normalized spacial score (nSPS) is 28.4.